The molecule has 3 atom stereocenters. The second kappa shape index (κ2) is 4.10. The summed E-state index contributed by atoms with van der Waals surface area (Å²) >= 11 is 0. The van der Waals surface area contributed by atoms with Crippen LogP contribution in [0.3, 0.4) is 0 Å². The first-order chi connectivity index (χ1) is 5.29. The minimum absolute atomic E-state index is 0.795. The van der Waals surface area contributed by atoms with Gasteiger partial charge in [-0.05, 0) is 31.2 Å². The summed E-state index contributed by atoms with van der Waals surface area (Å²) in [5.41, 5.74) is 0. The first-order valence-electron chi connectivity index (χ1n) is 5.03. The number of rotatable bonds is 4. The van der Waals surface area contributed by atoms with Crippen molar-refractivity contribution in [1.29, 1.82) is 0 Å². The van der Waals surface area contributed by atoms with Crippen LogP contribution in [0.25, 0.3) is 0 Å². The lowest BCUT2D eigenvalue weighted by atomic mass is 9.70. The Bertz CT molecular complexity index is 111. The van der Waals surface area contributed by atoms with Crippen LogP contribution in [0.4, 0.5) is 0 Å². The summed E-state index contributed by atoms with van der Waals surface area (Å²) in [7, 11) is 0. The van der Waals surface area contributed by atoms with Gasteiger partial charge in [0.1, 0.15) is 0 Å². The first kappa shape index (κ1) is 9.05. The second-order valence-corrected chi connectivity index (χ2v) is 3.79. The maximum absolute atomic E-state index is 3.56. The molecule has 0 aromatic rings. The fourth-order valence-corrected chi connectivity index (χ4v) is 2.15. The lowest BCUT2D eigenvalue weighted by Crippen LogP contribution is -2.43. The molecule has 66 valence electrons. The standard InChI is InChI=1S/C10H21N/c1-4-10(11-5-2)9-7-6-8(9)3/h8-11H,4-7H2,1-3H3. The predicted octanol–water partition coefficient (Wildman–Crippen LogP) is 2.42. The van der Waals surface area contributed by atoms with Gasteiger partial charge in [-0.1, -0.05) is 27.2 Å². The van der Waals surface area contributed by atoms with Crippen molar-refractivity contribution in [1.82, 2.24) is 5.32 Å². The zero-order valence-corrected chi connectivity index (χ0v) is 8.06. The Morgan fingerprint density at radius 1 is 1.36 bits per heavy atom. The third-order valence-corrected chi connectivity index (χ3v) is 3.11. The van der Waals surface area contributed by atoms with Crippen LogP contribution < -0.4 is 5.32 Å². The van der Waals surface area contributed by atoms with E-state index in [0.717, 1.165) is 24.4 Å². The van der Waals surface area contributed by atoms with Gasteiger partial charge < -0.3 is 5.32 Å². The van der Waals surface area contributed by atoms with Gasteiger partial charge in [-0.15, -0.1) is 0 Å². The van der Waals surface area contributed by atoms with Crippen molar-refractivity contribution in [2.75, 3.05) is 6.54 Å². The molecule has 1 saturated carbocycles. The highest BCUT2D eigenvalue weighted by Crippen LogP contribution is 2.36. The lowest BCUT2D eigenvalue weighted by Gasteiger charge is -2.40. The van der Waals surface area contributed by atoms with Gasteiger partial charge in [-0.2, -0.15) is 0 Å². The summed E-state index contributed by atoms with van der Waals surface area (Å²) < 4.78 is 0. The molecule has 1 aliphatic carbocycles. The number of hydrogen-bond donors (Lipinski definition) is 1. The van der Waals surface area contributed by atoms with Crippen molar-refractivity contribution in [2.24, 2.45) is 11.8 Å². The van der Waals surface area contributed by atoms with Crippen LogP contribution >= 0.6 is 0 Å². The molecule has 3 unspecified atom stereocenters. The van der Waals surface area contributed by atoms with Gasteiger partial charge in [-0.25, -0.2) is 0 Å². The highest BCUT2D eigenvalue weighted by atomic mass is 14.9. The molecule has 0 aliphatic heterocycles. The molecule has 11 heavy (non-hydrogen) atoms. The molecule has 1 aliphatic rings. The van der Waals surface area contributed by atoms with Gasteiger partial charge >= 0.3 is 0 Å². The minimum Gasteiger partial charge on any atom is -0.314 e. The molecule has 1 rings (SSSR count). The summed E-state index contributed by atoms with van der Waals surface area (Å²) in [5, 5.41) is 3.56. The normalized spacial score (nSPS) is 33.0. The molecule has 1 fully saturated rings. The van der Waals surface area contributed by atoms with E-state index in [1.165, 1.54) is 19.3 Å². The third kappa shape index (κ3) is 1.96. The van der Waals surface area contributed by atoms with Crippen LogP contribution in [0.1, 0.15) is 40.0 Å². The topological polar surface area (TPSA) is 12.0 Å². The van der Waals surface area contributed by atoms with E-state index in [-0.39, 0.29) is 0 Å². The van der Waals surface area contributed by atoms with Gasteiger partial charge in [-0.3, -0.25) is 0 Å². The van der Waals surface area contributed by atoms with Crippen molar-refractivity contribution >= 4 is 0 Å². The van der Waals surface area contributed by atoms with Crippen LogP contribution in [0.5, 0.6) is 0 Å². The molecule has 0 radical (unpaired) electrons. The summed E-state index contributed by atoms with van der Waals surface area (Å²) in [6, 6.07) is 0.795. The molecule has 1 N–H and O–H groups in total. The summed E-state index contributed by atoms with van der Waals surface area (Å²) in [4.78, 5) is 0. The average molecular weight is 155 g/mol. The molecule has 0 amide bonds. The molecule has 0 aromatic carbocycles. The van der Waals surface area contributed by atoms with Crippen molar-refractivity contribution < 1.29 is 0 Å². The molecule has 0 aromatic heterocycles. The lowest BCUT2D eigenvalue weighted by molar-refractivity contribution is 0.138. The van der Waals surface area contributed by atoms with Gasteiger partial charge in [0.2, 0.25) is 0 Å². The summed E-state index contributed by atoms with van der Waals surface area (Å²) in [6.45, 7) is 8.00. The first-order valence-corrected chi connectivity index (χ1v) is 5.03. The van der Waals surface area contributed by atoms with E-state index < -0.39 is 0 Å². The van der Waals surface area contributed by atoms with E-state index in [0.29, 0.717) is 0 Å². The SMILES string of the molecule is CCNC(CC)C1CCC1C. The Balaban J connectivity index is 2.29. The van der Waals surface area contributed by atoms with Crippen LogP contribution in [0.2, 0.25) is 0 Å². The molecule has 0 saturated heterocycles. The quantitative estimate of drug-likeness (QED) is 0.657. The van der Waals surface area contributed by atoms with Crippen LogP contribution in [0, 0.1) is 11.8 Å². The molecule has 0 heterocycles. The molecule has 1 nitrogen and oxygen atoms in total. The summed E-state index contributed by atoms with van der Waals surface area (Å²) in [6.07, 6.45) is 4.20. The predicted molar refractivity (Wildman–Crippen MR) is 49.6 cm³/mol. The van der Waals surface area contributed by atoms with Gasteiger partial charge in [0.15, 0.2) is 0 Å². The van der Waals surface area contributed by atoms with Crippen LogP contribution in [-0.4, -0.2) is 12.6 Å². The fourth-order valence-electron chi connectivity index (χ4n) is 2.15. The highest BCUT2D eigenvalue weighted by Gasteiger charge is 2.32. The molecular weight excluding hydrogens is 134 g/mol. The zero-order valence-electron chi connectivity index (χ0n) is 8.06. The number of nitrogens with one attached hydrogen (secondary N) is 1. The maximum atomic E-state index is 3.56. The van der Waals surface area contributed by atoms with Crippen molar-refractivity contribution in [2.45, 2.75) is 46.1 Å². The smallest absolute Gasteiger partial charge is 0.00951 e. The Hall–Kier alpha value is -0.0400. The Labute approximate surface area is 70.6 Å². The van der Waals surface area contributed by atoms with Crippen LogP contribution in [0.15, 0.2) is 0 Å². The molecular formula is C10H21N. The molecule has 0 spiro atoms. The van der Waals surface area contributed by atoms with Gasteiger partial charge in [0.05, 0.1) is 0 Å². The van der Waals surface area contributed by atoms with E-state index in [1.54, 1.807) is 0 Å². The monoisotopic (exact) mass is 155 g/mol. The molecule has 1 heteroatoms. The molecule has 0 bridgehead atoms. The largest absolute Gasteiger partial charge is 0.314 e. The van der Waals surface area contributed by atoms with E-state index in [2.05, 4.69) is 26.1 Å². The van der Waals surface area contributed by atoms with Crippen molar-refractivity contribution in [3.05, 3.63) is 0 Å². The van der Waals surface area contributed by atoms with Crippen molar-refractivity contribution in [3.8, 4) is 0 Å². The highest BCUT2D eigenvalue weighted by molar-refractivity contribution is 4.86. The van der Waals surface area contributed by atoms with Gasteiger partial charge in [0.25, 0.3) is 0 Å². The average Bonchev–Trinajstić information content (AvgIpc) is 2.01. The van der Waals surface area contributed by atoms with Crippen LogP contribution in [-0.2, 0) is 0 Å². The summed E-state index contributed by atoms with van der Waals surface area (Å²) in [5.74, 6) is 1.94. The Morgan fingerprint density at radius 3 is 2.36 bits per heavy atom. The fraction of sp³-hybridized carbons (Fsp3) is 1.00. The third-order valence-electron chi connectivity index (χ3n) is 3.11. The minimum atomic E-state index is 0.795. The Morgan fingerprint density at radius 2 is 2.09 bits per heavy atom. The van der Waals surface area contributed by atoms with Crippen molar-refractivity contribution in [3.63, 3.8) is 0 Å². The van der Waals surface area contributed by atoms with Gasteiger partial charge in [0, 0.05) is 6.04 Å². The zero-order chi connectivity index (χ0) is 8.27. The number of hydrogen-bond acceptors (Lipinski definition) is 1. The maximum Gasteiger partial charge on any atom is 0.00951 e. The van der Waals surface area contributed by atoms with E-state index in [9.17, 15) is 0 Å². The second-order valence-electron chi connectivity index (χ2n) is 3.79. The Kier molecular flexibility index (Phi) is 3.38. The van der Waals surface area contributed by atoms with E-state index >= 15 is 0 Å². The van der Waals surface area contributed by atoms with E-state index in [4.69, 9.17) is 0 Å². The van der Waals surface area contributed by atoms with E-state index in [1.807, 2.05) is 0 Å².